The van der Waals surface area contributed by atoms with Gasteiger partial charge in [0.1, 0.15) is 11.2 Å². The summed E-state index contributed by atoms with van der Waals surface area (Å²) in [6.45, 7) is 8.62. The average Bonchev–Trinajstić information content (AvgIpc) is 3.30. The second-order valence-corrected chi connectivity index (χ2v) is 13.8. The van der Waals surface area contributed by atoms with Crippen LogP contribution in [0.1, 0.15) is 83.3 Å². The first-order valence-electron chi connectivity index (χ1n) is 13.8. The molecule has 204 valence electrons. The van der Waals surface area contributed by atoms with Gasteiger partial charge in [-0.25, -0.2) is 4.39 Å². The number of rotatable bonds is 5. The number of halogens is 3. The Morgan fingerprint density at radius 3 is 2.47 bits per heavy atom. The highest BCUT2D eigenvalue weighted by Crippen LogP contribution is 2.57. The molecule has 3 aliphatic rings. The Balaban J connectivity index is 1.66. The highest BCUT2D eigenvalue weighted by atomic mass is 35.5. The second kappa shape index (κ2) is 10.2. The van der Waals surface area contributed by atoms with Crippen LogP contribution in [0.4, 0.5) is 10.1 Å². The molecule has 7 heteroatoms. The number of anilines is 1. The van der Waals surface area contributed by atoms with Gasteiger partial charge in [-0.05, 0) is 71.9 Å². The number of amides is 1. The van der Waals surface area contributed by atoms with E-state index in [1.807, 2.05) is 18.2 Å². The number of hydrogen-bond acceptors (Lipinski definition) is 3. The van der Waals surface area contributed by atoms with Gasteiger partial charge in [0.05, 0.1) is 11.1 Å². The summed E-state index contributed by atoms with van der Waals surface area (Å²) in [5.41, 5.74) is 0.506. The molecule has 4 atom stereocenters. The summed E-state index contributed by atoms with van der Waals surface area (Å²) in [6, 6.07) is 9.29. The molecule has 0 bridgehead atoms. The van der Waals surface area contributed by atoms with E-state index in [0.29, 0.717) is 41.0 Å². The van der Waals surface area contributed by atoms with Gasteiger partial charge in [-0.3, -0.25) is 9.59 Å². The molecule has 1 saturated carbocycles. The molecular weight excluding hydrogens is 522 g/mol. The molecule has 1 amide bonds. The van der Waals surface area contributed by atoms with Crippen molar-refractivity contribution < 1.29 is 14.0 Å². The molecule has 1 saturated heterocycles. The zero-order valence-electron chi connectivity index (χ0n) is 22.5. The van der Waals surface area contributed by atoms with E-state index >= 15 is 4.39 Å². The standard InChI is InChI=1S/C31H37Cl2FN2O2/c1-17-8-10-18(11-9-17)12-25(37)28-27(19-6-5-7-20(32)13-19)31(26(36-28)16-30(2,3)4)21-14-23(34)22(33)15-24(21)35-29(31)38/h5-7,13-15,17-18,26-28,36H,8-12,16H2,1-4H3,(H,35,38)/t17?,18?,26-,27-,28-,31+/m0/s1. The summed E-state index contributed by atoms with van der Waals surface area (Å²) < 4.78 is 15.0. The fraction of sp³-hybridized carbons (Fsp3) is 0.548. The molecule has 2 aromatic rings. The predicted octanol–water partition coefficient (Wildman–Crippen LogP) is 7.67. The van der Waals surface area contributed by atoms with Crippen molar-refractivity contribution in [1.82, 2.24) is 5.32 Å². The topological polar surface area (TPSA) is 58.2 Å². The zero-order valence-corrected chi connectivity index (χ0v) is 24.1. The Morgan fingerprint density at radius 2 is 1.82 bits per heavy atom. The first-order valence-corrected chi connectivity index (χ1v) is 14.5. The van der Waals surface area contributed by atoms with E-state index in [9.17, 15) is 9.59 Å². The molecule has 0 radical (unpaired) electrons. The number of nitrogens with one attached hydrogen (secondary N) is 2. The Bertz CT molecular complexity index is 1250. The van der Waals surface area contributed by atoms with Crippen molar-refractivity contribution in [2.45, 2.75) is 89.6 Å². The van der Waals surface area contributed by atoms with Crippen molar-refractivity contribution in [1.29, 1.82) is 0 Å². The summed E-state index contributed by atoms with van der Waals surface area (Å²) in [5, 5.41) is 7.13. The lowest BCUT2D eigenvalue weighted by Gasteiger charge is -2.37. The van der Waals surface area contributed by atoms with Crippen LogP contribution in [0.5, 0.6) is 0 Å². The smallest absolute Gasteiger partial charge is 0.237 e. The Kier molecular flexibility index (Phi) is 7.43. The fourth-order valence-electron chi connectivity index (χ4n) is 7.13. The molecular formula is C31H37Cl2FN2O2. The van der Waals surface area contributed by atoms with Gasteiger partial charge < -0.3 is 10.6 Å². The molecule has 2 fully saturated rings. The summed E-state index contributed by atoms with van der Waals surface area (Å²) in [7, 11) is 0. The van der Waals surface area contributed by atoms with E-state index in [1.165, 1.54) is 12.1 Å². The van der Waals surface area contributed by atoms with Gasteiger partial charge in [-0.2, -0.15) is 0 Å². The molecule has 2 heterocycles. The van der Waals surface area contributed by atoms with Crippen molar-refractivity contribution in [2.75, 3.05) is 5.32 Å². The fourth-order valence-corrected chi connectivity index (χ4v) is 7.49. The van der Waals surface area contributed by atoms with E-state index in [4.69, 9.17) is 23.2 Å². The van der Waals surface area contributed by atoms with Gasteiger partial charge >= 0.3 is 0 Å². The maximum Gasteiger partial charge on any atom is 0.237 e. The SMILES string of the molecule is CC1CCC(CC(=O)[C@@H]2N[C@@H](CC(C)(C)C)[C@@]3(C(=O)Nc4cc(Cl)c(F)cc43)[C@H]2c2cccc(Cl)c2)CC1. The Labute approximate surface area is 235 Å². The molecule has 1 spiro atoms. The number of carbonyl (C=O) groups is 2. The maximum atomic E-state index is 15.0. The molecule has 2 N–H and O–H groups in total. The van der Waals surface area contributed by atoms with Gasteiger partial charge in [0.2, 0.25) is 5.91 Å². The van der Waals surface area contributed by atoms with Crippen molar-refractivity contribution in [3.63, 3.8) is 0 Å². The third-order valence-corrected chi connectivity index (χ3v) is 9.41. The number of fused-ring (bicyclic) bond motifs is 2. The number of carbonyl (C=O) groups excluding carboxylic acids is 2. The Morgan fingerprint density at radius 1 is 1.11 bits per heavy atom. The molecule has 0 aromatic heterocycles. The zero-order chi connectivity index (χ0) is 27.4. The van der Waals surface area contributed by atoms with Crippen LogP contribution in [-0.2, 0) is 15.0 Å². The predicted molar refractivity (Wildman–Crippen MR) is 151 cm³/mol. The minimum Gasteiger partial charge on any atom is -0.325 e. The number of Topliss-reactive ketones (excluding diaryl/α,β-unsaturated/α-hetero) is 1. The van der Waals surface area contributed by atoms with Gasteiger partial charge in [-0.1, -0.05) is 75.9 Å². The largest absolute Gasteiger partial charge is 0.325 e. The number of benzene rings is 2. The third-order valence-electron chi connectivity index (χ3n) is 8.88. The van der Waals surface area contributed by atoms with Crippen molar-refractivity contribution in [2.24, 2.45) is 17.3 Å². The first-order chi connectivity index (χ1) is 17.9. The van der Waals surface area contributed by atoms with Crippen LogP contribution >= 0.6 is 23.2 Å². The van der Waals surface area contributed by atoms with Crippen LogP contribution in [-0.4, -0.2) is 23.8 Å². The second-order valence-electron chi connectivity index (χ2n) is 12.9. The lowest BCUT2D eigenvalue weighted by Crippen LogP contribution is -2.49. The number of hydrogen-bond donors (Lipinski definition) is 2. The Hall–Kier alpha value is -1.95. The van der Waals surface area contributed by atoms with E-state index < -0.39 is 29.2 Å². The van der Waals surface area contributed by atoms with Crippen molar-refractivity contribution in [3.8, 4) is 0 Å². The van der Waals surface area contributed by atoms with Gasteiger partial charge in [0.25, 0.3) is 0 Å². The third kappa shape index (κ3) is 4.91. The summed E-state index contributed by atoms with van der Waals surface area (Å²) in [5.74, 6) is -0.204. The minimum absolute atomic E-state index is 0.0436. The van der Waals surface area contributed by atoms with E-state index in [1.54, 1.807) is 6.07 Å². The van der Waals surface area contributed by atoms with Crippen LogP contribution in [0.2, 0.25) is 10.0 Å². The minimum atomic E-state index is -1.19. The van der Waals surface area contributed by atoms with Gasteiger partial charge in [-0.15, -0.1) is 0 Å². The first kappa shape index (κ1) is 27.6. The van der Waals surface area contributed by atoms with E-state index in [2.05, 4.69) is 38.3 Å². The van der Waals surface area contributed by atoms with E-state index in [0.717, 1.165) is 31.2 Å². The monoisotopic (exact) mass is 558 g/mol. The molecule has 2 aromatic carbocycles. The van der Waals surface area contributed by atoms with Crippen molar-refractivity contribution in [3.05, 3.63) is 63.4 Å². The van der Waals surface area contributed by atoms with Crippen LogP contribution in [0.3, 0.4) is 0 Å². The van der Waals surface area contributed by atoms with Crippen LogP contribution in [0, 0.1) is 23.1 Å². The average molecular weight is 560 g/mol. The molecule has 5 rings (SSSR count). The summed E-state index contributed by atoms with van der Waals surface area (Å²) in [4.78, 5) is 28.3. The van der Waals surface area contributed by atoms with E-state index in [-0.39, 0.29) is 22.1 Å². The van der Waals surface area contributed by atoms with Gasteiger partial charge in [0.15, 0.2) is 5.78 Å². The van der Waals surface area contributed by atoms with Crippen LogP contribution < -0.4 is 10.6 Å². The molecule has 38 heavy (non-hydrogen) atoms. The lowest BCUT2D eigenvalue weighted by atomic mass is 9.62. The number of ketones is 1. The molecule has 1 aliphatic carbocycles. The molecule has 2 aliphatic heterocycles. The van der Waals surface area contributed by atoms with Crippen molar-refractivity contribution >= 4 is 40.6 Å². The van der Waals surface area contributed by atoms with Crippen LogP contribution in [0.15, 0.2) is 36.4 Å². The highest BCUT2D eigenvalue weighted by Gasteiger charge is 2.65. The van der Waals surface area contributed by atoms with Crippen LogP contribution in [0.25, 0.3) is 0 Å². The normalized spacial score (nSPS) is 30.9. The van der Waals surface area contributed by atoms with Gasteiger partial charge in [0, 0.05) is 29.1 Å². The summed E-state index contributed by atoms with van der Waals surface area (Å²) >= 11 is 12.6. The molecule has 0 unspecified atom stereocenters. The maximum absolute atomic E-state index is 15.0. The molecule has 4 nitrogen and oxygen atoms in total. The highest BCUT2D eigenvalue weighted by molar-refractivity contribution is 6.31. The quantitative estimate of drug-likeness (QED) is 0.395. The summed E-state index contributed by atoms with van der Waals surface area (Å²) in [6.07, 6.45) is 5.46. The lowest BCUT2D eigenvalue weighted by molar-refractivity contribution is -0.123.